The number of para-hydroxylation sites is 2. The fourth-order valence-electron chi connectivity index (χ4n) is 13.9. The summed E-state index contributed by atoms with van der Waals surface area (Å²) in [6, 6.07) is 71.1. The molecule has 4 heterocycles. The molecule has 0 radical (unpaired) electrons. The molecule has 2 aliphatic rings. The molecular formula is C89H69BN6. The third-order valence-corrected chi connectivity index (χ3v) is 18.7. The predicted octanol–water partition coefficient (Wildman–Crippen LogP) is 21.3. The number of hydrogen-bond donors (Lipinski definition) is 0. The van der Waals surface area contributed by atoms with E-state index >= 15 is 0 Å². The summed E-state index contributed by atoms with van der Waals surface area (Å²) in [7, 11) is 0. The number of anilines is 6. The van der Waals surface area contributed by atoms with Gasteiger partial charge < -0.3 is 14.4 Å². The van der Waals surface area contributed by atoms with Gasteiger partial charge in [-0.2, -0.15) is 0 Å². The molecule has 458 valence electrons. The molecule has 7 heteroatoms. The second-order valence-electron chi connectivity index (χ2n) is 26.6. The van der Waals surface area contributed by atoms with Crippen molar-refractivity contribution in [1.82, 2.24) is 19.5 Å². The van der Waals surface area contributed by atoms with Crippen LogP contribution in [-0.4, -0.2) is 26.2 Å². The predicted molar refractivity (Wildman–Crippen MR) is 404 cm³/mol. The molecule has 2 aromatic heterocycles. The monoisotopic (exact) mass is 1250 g/mol. The van der Waals surface area contributed by atoms with Crippen LogP contribution < -0.4 is 26.2 Å². The van der Waals surface area contributed by atoms with Crippen molar-refractivity contribution in [2.45, 2.75) is 52.4 Å². The summed E-state index contributed by atoms with van der Waals surface area (Å²) in [6.45, 7) is 12.4. The number of benzene rings is 13. The van der Waals surface area contributed by atoms with Crippen molar-refractivity contribution < 1.29 is 17.8 Å². The Hall–Kier alpha value is -11.7. The maximum absolute atomic E-state index is 9.73. The van der Waals surface area contributed by atoms with E-state index in [1.807, 2.05) is 152 Å². The molecule has 0 bridgehead atoms. The third kappa shape index (κ3) is 10.0. The summed E-state index contributed by atoms with van der Waals surface area (Å²) in [5, 5.41) is -0.109. The molecule has 0 N–H and O–H groups in total. The van der Waals surface area contributed by atoms with E-state index in [1.165, 1.54) is 0 Å². The Labute approximate surface area is 580 Å². The van der Waals surface area contributed by atoms with Crippen LogP contribution in [-0.2, 0) is 10.8 Å². The van der Waals surface area contributed by atoms with Crippen LogP contribution >= 0.6 is 0 Å². The zero-order valence-corrected chi connectivity index (χ0v) is 53.7. The summed E-state index contributed by atoms with van der Waals surface area (Å²) in [5.41, 5.74) is 15.4. The van der Waals surface area contributed by atoms with E-state index in [-0.39, 0.29) is 39.5 Å². The summed E-state index contributed by atoms with van der Waals surface area (Å²) in [5.74, 6) is 1.24. The molecule has 0 atom stereocenters. The number of nitrogens with zero attached hydrogens (tertiary/aromatic N) is 6. The molecule has 13 aromatic carbocycles. The van der Waals surface area contributed by atoms with Crippen molar-refractivity contribution in [2.24, 2.45) is 0 Å². The fourth-order valence-corrected chi connectivity index (χ4v) is 13.9. The maximum atomic E-state index is 9.73. The largest absolute Gasteiger partial charge is 0.311 e. The van der Waals surface area contributed by atoms with E-state index < -0.39 is 84.0 Å². The lowest BCUT2D eigenvalue weighted by Crippen LogP contribution is -2.61. The van der Waals surface area contributed by atoms with Crippen LogP contribution in [0.5, 0.6) is 0 Å². The minimum absolute atomic E-state index is 0.00196. The highest BCUT2D eigenvalue weighted by atomic mass is 15.2. The van der Waals surface area contributed by atoms with E-state index in [0.717, 1.165) is 89.1 Å². The Balaban J connectivity index is 1.07. The van der Waals surface area contributed by atoms with Crippen molar-refractivity contribution in [1.29, 1.82) is 0 Å². The van der Waals surface area contributed by atoms with Gasteiger partial charge in [0.1, 0.15) is 0 Å². The highest BCUT2D eigenvalue weighted by molar-refractivity contribution is 7.00. The first-order chi connectivity index (χ1) is 52.3. The number of fused-ring (bicyclic) bond motifs is 7. The van der Waals surface area contributed by atoms with Crippen molar-refractivity contribution in [2.75, 3.05) is 9.80 Å². The van der Waals surface area contributed by atoms with Gasteiger partial charge in [0.2, 0.25) is 0 Å². The van der Waals surface area contributed by atoms with Gasteiger partial charge in [-0.1, -0.05) is 284 Å². The second kappa shape index (κ2) is 23.1. The zero-order valence-electron chi connectivity index (χ0n) is 66.7. The Kier molecular flexibility index (Phi) is 11.0. The Bertz CT molecular complexity index is 6150. The topological polar surface area (TPSA) is 50.1 Å². The summed E-state index contributed by atoms with van der Waals surface area (Å²) >= 11 is 0. The van der Waals surface area contributed by atoms with Crippen LogP contribution in [0.2, 0.25) is 0 Å². The molecule has 0 fully saturated rings. The Morgan fingerprint density at radius 3 is 1.34 bits per heavy atom. The van der Waals surface area contributed by atoms with Crippen LogP contribution in [0.4, 0.5) is 34.1 Å². The van der Waals surface area contributed by atoms with Gasteiger partial charge in [0, 0.05) is 67.0 Å². The van der Waals surface area contributed by atoms with Crippen LogP contribution in [0.15, 0.2) is 309 Å². The van der Waals surface area contributed by atoms with Gasteiger partial charge in [-0.25, -0.2) is 15.0 Å². The molecule has 96 heavy (non-hydrogen) atoms. The first-order valence-corrected chi connectivity index (χ1v) is 32.3. The van der Waals surface area contributed by atoms with E-state index in [0.29, 0.717) is 51.3 Å². The molecule has 0 unspecified atom stereocenters. The highest BCUT2D eigenvalue weighted by Gasteiger charge is 2.46. The summed E-state index contributed by atoms with van der Waals surface area (Å²) in [4.78, 5) is 20.9. The van der Waals surface area contributed by atoms with Gasteiger partial charge >= 0.3 is 0 Å². The van der Waals surface area contributed by atoms with Crippen LogP contribution in [0.3, 0.4) is 0 Å². The van der Waals surface area contributed by atoms with Crippen molar-refractivity contribution in [3.63, 3.8) is 0 Å². The lowest BCUT2D eigenvalue weighted by atomic mass is 9.33. The molecule has 2 aliphatic heterocycles. The maximum Gasteiger partial charge on any atom is 0.252 e. The van der Waals surface area contributed by atoms with Crippen molar-refractivity contribution in [3.8, 4) is 84.4 Å². The van der Waals surface area contributed by atoms with Gasteiger partial charge in [0.05, 0.1) is 40.2 Å². The van der Waals surface area contributed by atoms with Gasteiger partial charge in [0.25, 0.3) is 6.71 Å². The second-order valence-corrected chi connectivity index (χ2v) is 26.6. The van der Waals surface area contributed by atoms with Gasteiger partial charge in [0.15, 0.2) is 17.5 Å². The Morgan fingerprint density at radius 2 is 0.771 bits per heavy atom. The minimum Gasteiger partial charge on any atom is -0.311 e. The zero-order chi connectivity index (χ0) is 76.1. The average molecular weight is 1250 g/mol. The Morgan fingerprint density at radius 1 is 0.323 bits per heavy atom. The average Bonchev–Trinajstić information content (AvgIpc) is 1.21. The smallest absolute Gasteiger partial charge is 0.252 e. The standard InChI is InChI=1S/C89H69BN6/c1-88(2,3)66-53-72(61-35-19-10-20-36-61)84(73(54-66)87-92-85(62-37-21-11-22-38-62)91-86(93-87)63-39-23-12-24-40-63)96-79-52-65(59-31-15-8-16-32-59)45-48-74(79)90-75-49-47-68(94-76-43-27-25-41-69(76)70-42-26-28-44-77(70)94)57-80(75)95(81-55-67(89(4,5)6)56-82(96)83(81)90)78-50-46-64(58-29-13-7-14-30-58)51-71(78)60-33-17-9-18-34-60/h7-57H,1-6H3/i8D,15D,16D,25D,26D,27D,28D,31D,32D,41D,42D,43D,44D. The SMILES string of the molecule is [2H]c1c([2H])c([2H])c(-c2ccc3c(c2)N(c2c(-c4ccccc4)cc(C(C)(C)C)cc2-c2nc(-c4ccccc4)nc(-c4ccccc4)n2)c2cc(C(C)(C)C)cc4c2B3c2ccc(-n3c5c([2H])c([2H])c([2H])c([2H])c5c5c([2H])c([2H])c([2H])c([2H])c53)cc2N4c2ccc(-c3ccccc3)cc2-c2ccccc2)c([2H])c1[2H]. The molecule has 0 amide bonds. The van der Waals surface area contributed by atoms with Gasteiger partial charge in [-0.3, -0.25) is 0 Å². The van der Waals surface area contributed by atoms with Crippen molar-refractivity contribution in [3.05, 3.63) is 320 Å². The van der Waals surface area contributed by atoms with Crippen LogP contribution in [0.1, 0.15) is 70.5 Å². The van der Waals surface area contributed by atoms with Gasteiger partial charge in [-0.15, -0.1) is 0 Å². The molecule has 0 saturated carbocycles. The number of aromatic nitrogens is 4. The van der Waals surface area contributed by atoms with Crippen LogP contribution in [0.25, 0.3) is 106 Å². The summed E-state index contributed by atoms with van der Waals surface area (Å²) < 4.78 is 123. The minimum atomic E-state index is -0.708. The van der Waals surface area contributed by atoms with E-state index in [4.69, 9.17) is 21.8 Å². The molecule has 0 saturated heterocycles. The van der Waals surface area contributed by atoms with E-state index in [9.17, 15) is 11.0 Å². The third-order valence-electron chi connectivity index (χ3n) is 18.7. The normalized spacial score (nSPS) is 14.5. The van der Waals surface area contributed by atoms with E-state index in [2.05, 4.69) is 130 Å². The first-order valence-electron chi connectivity index (χ1n) is 38.8. The number of rotatable bonds is 10. The lowest BCUT2D eigenvalue weighted by Gasteiger charge is -2.46. The number of hydrogen-bond acceptors (Lipinski definition) is 5. The first kappa shape index (κ1) is 45.6. The van der Waals surface area contributed by atoms with E-state index in [1.54, 1.807) is 4.57 Å². The fraction of sp³-hybridized carbons (Fsp3) is 0.0899. The summed E-state index contributed by atoms with van der Waals surface area (Å²) in [6.07, 6.45) is 0. The highest BCUT2D eigenvalue weighted by Crippen LogP contribution is 2.54. The van der Waals surface area contributed by atoms with Gasteiger partial charge in [-0.05, 0) is 138 Å². The van der Waals surface area contributed by atoms with Crippen molar-refractivity contribution >= 4 is 79.0 Å². The molecule has 0 spiro atoms. The molecule has 6 nitrogen and oxygen atoms in total. The molecular weight excluding hydrogens is 1160 g/mol. The van der Waals surface area contributed by atoms with Crippen LogP contribution in [0, 0.1) is 0 Å². The lowest BCUT2D eigenvalue weighted by molar-refractivity contribution is 0.590. The quantitative estimate of drug-likeness (QED) is 0.128. The molecule has 0 aliphatic carbocycles. The molecule has 17 rings (SSSR count). The molecule has 15 aromatic rings.